The molecule has 1 aliphatic rings. The summed E-state index contributed by atoms with van der Waals surface area (Å²) in [5.41, 5.74) is 0. The first-order chi connectivity index (χ1) is 6.81. The van der Waals surface area contributed by atoms with Gasteiger partial charge in [-0.3, -0.25) is 0 Å². The molecule has 0 radical (unpaired) electrons. The van der Waals surface area contributed by atoms with E-state index in [1.807, 2.05) is 12.1 Å². The molecule has 1 saturated heterocycles. The van der Waals surface area contributed by atoms with Gasteiger partial charge in [0.25, 0.3) is 0 Å². The van der Waals surface area contributed by atoms with E-state index >= 15 is 0 Å². The standard InChI is InChI=1S/C10H13N3S/c1-8-7-12-4-5-13(8)10-3-2-9(6-11)14-10/h2-3,8,12H,4-5,7H2,1H3/t8-/m1/s1. The third kappa shape index (κ3) is 1.74. The van der Waals surface area contributed by atoms with E-state index in [0.717, 1.165) is 24.5 Å². The first-order valence-electron chi connectivity index (χ1n) is 4.78. The molecule has 74 valence electrons. The lowest BCUT2D eigenvalue weighted by Crippen LogP contribution is -2.49. The van der Waals surface area contributed by atoms with Gasteiger partial charge in [0.05, 0.1) is 5.00 Å². The number of nitrogens with zero attached hydrogens (tertiary/aromatic N) is 2. The molecule has 0 saturated carbocycles. The fraction of sp³-hybridized carbons (Fsp3) is 0.500. The molecule has 0 amide bonds. The van der Waals surface area contributed by atoms with Crippen LogP contribution in [0.15, 0.2) is 12.1 Å². The number of nitrogens with one attached hydrogen (secondary N) is 1. The zero-order chi connectivity index (χ0) is 9.97. The Morgan fingerprint density at radius 1 is 1.64 bits per heavy atom. The molecule has 1 aliphatic heterocycles. The maximum Gasteiger partial charge on any atom is 0.110 e. The predicted molar refractivity (Wildman–Crippen MR) is 58.7 cm³/mol. The summed E-state index contributed by atoms with van der Waals surface area (Å²) in [6.07, 6.45) is 0. The molecule has 1 atom stereocenters. The average molecular weight is 207 g/mol. The predicted octanol–water partition coefficient (Wildman–Crippen LogP) is 1.42. The SMILES string of the molecule is C[C@@H]1CNCCN1c1ccc(C#N)s1. The Morgan fingerprint density at radius 2 is 2.50 bits per heavy atom. The minimum atomic E-state index is 0.522. The molecule has 1 aromatic rings. The Hall–Kier alpha value is -1.05. The highest BCUT2D eigenvalue weighted by atomic mass is 32.1. The van der Waals surface area contributed by atoms with Crippen LogP contribution in [0.25, 0.3) is 0 Å². The van der Waals surface area contributed by atoms with Crippen LogP contribution in [0.1, 0.15) is 11.8 Å². The Balaban J connectivity index is 2.17. The summed E-state index contributed by atoms with van der Waals surface area (Å²) in [5.74, 6) is 0. The van der Waals surface area contributed by atoms with Crippen LogP contribution in [-0.2, 0) is 0 Å². The Labute approximate surface area is 88.0 Å². The lowest BCUT2D eigenvalue weighted by molar-refractivity contribution is 0.503. The Morgan fingerprint density at radius 3 is 3.14 bits per heavy atom. The second-order valence-electron chi connectivity index (χ2n) is 3.50. The number of thiophene rings is 1. The van der Waals surface area contributed by atoms with E-state index in [2.05, 4.69) is 23.2 Å². The van der Waals surface area contributed by atoms with E-state index in [0.29, 0.717) is 6.04 Å². The molecular weight excluding hydrogens is 194 g/mol. The van der Waals surface area contributed by atoms with E-state index in [4.69, 9.17) is 5.26 Å². The monoisotopic (exact) mass is 207 g/mol. The summed E-state index contributed by atoms with van der Waals surface area (Å²) in [7, 11) is 0. The number of anilines is 1. The van der Waals surface area contributed by atoms with Crippen LogP contribution in [0.3, 0.4) is 0 Å². The van der Waals surface area contributed by atoms with Gasteiger partial charge in [-0.05, 0) is 19.1 Å². The highest BCUT2D eigenvalue weighted by molar-refractivity contribution is 7.16. The fourth-order valence-electron chi connectivity index (χ4n) is 1.71. The smallest absolute Gasteiger partial charge is 0.110 e. The second-order valence-corrected chi connectivity index (χ2v) is 4.56. The molecule has 1 N–H and O–H groups in total. The van der Waals surface area contributed by atoms with Crippen molar-refractivity contribution in [3.63, 3.8) is 0 Å². The summed E-state index contributed by atoms with van der Waals surface area (Å²) in [6.45, 7) is 5.30. The number of rotatable bonds is 1. The van der Waals surface area contributed by atoms with Gasteiger partial charge in [-0.25, -0.2) is 0 Å². The largest absolute Gasteiger partial charge is 0.358 e. The summed E-state index contributed by atoms with van der Waals surface area (Å²) >= 11 is 1.58. The molecule has 4 heteroatoms. The van der Waals surface area contributed by atoms with Crippen molar-refractivity contribution in [2.24, 2.45) is 0 Å². The van der Waals surface area contributed by atoms with E-state index in [1.54, 1.807) is 11.3 Å². The molecule has 0 aromatic carbocycles. The lowest BCUT2D eigenvalue weighted by atomic mass is 10.2. The summed E-state index contributed by atoms with van der Waals surface area (Å²) in [6, 6.07) is 6.64. The first-order valence-corrected chi connectivity index (χ1v) is 5.60. The van der Waals surface area contributed by atoms with E-state index in [1.165, 1.54) is 5.00 Å². The van der Waals surface area contributed by atoms with Crippen LogP contribution in [0.5, 0.6) is 0 Å². The van der Waals surface area contributed by atoms with Crippen LogP contribution in [0.4, 0.5) is 5.00 Å². The van der Waals surface area contributed by atoms with Gasteiger partial charge in [0.2, 0.25) is 0 Å². The zero-order valence-electron chi connectivity index (χ0n) is 8.16. The molecule has 1 fully saturated rings. The highest BCUT2D eigenvalue weighted by Crippen LogP contribution is 2.27. The molecule has 0 spiro atoms. The molecular formula is C10H13N3S. The van der Waals surface area contributed by atoms with E-state index in [9.17, 15) is 0 Å². The fourth-order valence-corrected chi connectivity index (χ4v) is 2.64. The molecule has 3 nitrogen and oxygen atoms in total. The molecule has 0 aliphatic carbocycles. The molecule has 0 unspecified atom stereocenters. The summed E-state index contributed by atoms with van der Waals surface area (Å²) in [5, 5.41) is 13.3. The number of hydrogen-bond acceptors (Lipinski definition) is 4. The van der Waals surface area contributed by atoms with Crippen molar-refractivity contribution in [2.45, 2.75) is 13.0 Å². The van der Waals surface area contributed by atoms with Crippen LogP contribution in [-0.4, -0.2) is 25.7 Å². The van der Waals surface area contributed by atoms with Crippen molar-refractivity contribution in [1.29, 1.82) is 5.26 Å². The molecule has 1 aromatic heterocycles. The Kier molecular flexibility index (Phi) is 2.71. The summed E-state index contributed by atoms with van der Waals surface area (Å²) in [4.78, 5) is 3.16. The van der Waals surface area contributed by atoms with Gasteiger partial charge < -0.3 is 10.2 Å². The van der Waals surface area contributed by atoms with Gasteiger partial charge >= 0.3 is 0 Å². The van der Waals surface area contributed by atoms with Gasteiger partial charge in [0.1, 0.15) is 10.9 Å². The summed E-state index contributed by atoms with van der Waals surface area (Å²) < 4.78 is 0. The Bertz CT molecular complexity index is 352. The maximum atomic E-state index is 8.74. The van der Waals surface area contributed by atoms with Crippen LogP contribution >= 0.6 is 11.3 Å². The normalized spacial score (nSPS) is 22.0. The maximum absolute atomic E-state index is 8.74. The lowest BCUT2D eigenvalue weighted by Gasteiger charge is -2.34. The first kappa shape index (κ1) is 9.50. The minimum absolute atomic E-state index is 0.522. The molecule has 2 heterocycles. The molecule has 0 bridgehead atoms. The third-order valence-corrected chi connectivity index (χ3v) is 3.51. The van der Waals surface area contributed by atoms with Crippen molar-refractivity contribution in [2.75, 3.05) is 24.5 Å². The second kappa shape index (κ2) is 3.99. The van der Waals surface area contributed by atoms with Crippen LogP contribution in [0, 0.1) is 11.3 Å². The number of nitriles is 1. The van der Waals surface area contributed by atoms with Crippen molar-refractivity contribution >= 4 is 16.3 Å². The van der Waals surface area contributed by atoms with Gasteiger partial charge in [-0.1, -0.05) is 0 Å². The minimum Gasteiger partial charge on any atom is -0.358 e. The van der Waals surface area contributed by atoms with Crippen LogP contribution in [0.2, 0.25) is 0 Å². The highest BCUT2D eigenvalue weighted by Gasteiger charge is 2.19. The van der Waals surface area contributed by atoms with E-state index < -0.39 is 0 Å². The molecule has 2 rings (SSSR count). The van der Waals surface area contributed by atoms with E-state index in [-0.39, 0.29) is 0 Å². The zero-order valence-corrected chi connectivity index (χ0v) is 8.97. The van der Waals surface area contributed by atoms with Crippen LogP contribution < -0.4 is 10.2 Å². The topological polar surface area (TPSA) is 39.1 Å². The van der Waals surface area contributed by atoms with Crippen molar-refractivity contribution < 1.29 is 0 Å². The van der Waals surface area contributed by atoms with Gasteiger partial charge in [0, 0.05) is 25.7 Å². The van der Waals surface area contributed by atoms with Crippen molar-refractivity contribution in [1.82, 2.24) is 5.32 Å². The average Bonchev–Trinajstić information content (AvgIpc) is 2.67. The number of hydrogen-bond donors (Lipinski definition) is 1. The quantitative estimate of drug-likeness (QED) is 0.757. The van der Waals surface area contributed by atoms with Gasteiger partial charge in [0.15, 0.2) is 0 Å². The van der Waals surface area contributed by atoms with Gasteiger partial charge in [-0.15, -0.1) is 11.3 Å². The third-order valence-electron chi connectivity index (χ3n) is 2.49. The van der Waals surface area contributed by atoms with Crippen molar-refractivity contribution in [3.8, 4) is 6.07 Å². The number of piperazine rings is 1. The van der Waals surface area contributed by atoms with Gasteiger partial charge in [-0.2, -0.15) is 5.26 Å². The molecule has 14 heavy (non-hydrogen) atoms. The van der Waals surface area contributed by atoms with Crippen molar-refractivity contribution in [3.05, 3.63) is 17.0 Å².